The average molecular weight is 439 g/mol. The van der Waals surface area contributed by atoms with Crippen LogP contribution in [0.15, 0.2) is 22.7 Å². The van der Waals surface area contributed by atoms with Crippen LogP contribution in [0.1, 0.15) is 30.6 Å². The fraction of sp³-hybridized carbons (Fsp3) is 0.526. The molecule has 0 radical (unpaired) electrons. The number of hydrogen-bond donors (Lipinski definition) is 1. The van der Waals surface area contributed by atoms with Crippen molar-refractivity contribution in [2.24, 2.45) is 5.92 Å². The van der Waals surface area contributed by atoms with Gasteiger partial charge in [0.1, 0.15) is 11.9 Å². The van der Waals surface area contributed by atoms with E-state index in [-0.39, 0.29) is 36.4 Å². The first-order valence-electron chi connectivity index (χ1n) is 8.98. The molecule has 1 aromatic carbocycles. The molecule has 1 saturated heterocycles. The maximum atomic E-state index is 13.3. The smallest absolute Gasteiger partial charge is 0.252 e. The van der Waals surface area contributed by atoms with Crippen LogP contribution in [0.4, 0.5) is 4.39 Å². The molecular formula is C19H24BrFN4O2. The van der Waals surface area contributed by atoms with Crippen LogP contribution in [0.25, 0.3) is 0 Å². The molecule has 0 saturated carbocycles. The van der Waals surface area contributed by atoms with Gasteiger partial charge < -0.3 is 10.2 Å². The second-order valence-corrected chi connectivity index (χ2v) is 7.72. The van der Waals surface area contributed by atoms with E-state index < -0.39 is 11.7 Å². The molecule has 1 aromatic rings. The zero-order chi connectivity index (χ0) is 20.0. The summed E-state index contributed by atoms with van der Waals surface area (Å²) in [4.78, 5) is 28.3. The summed E-state index contributed by atoms with van der Waals surface area (Å²) in [7, 11) is 0. The number of nitrogens with one attached hydrogen (secondary N) is 1. The summed E-state index contributed by atoms with van der Waals surface area (Å²) in [6.45, 7) is 6.72. The van der Waals surface area contributed by atoms with Crippen molar-refractivity contribution in [1.29, 1.82) is 5.26 Å². The zero-order valence-corrected chi connectivity index (χ0v) is 17.1. The Kier molecular flexibility index (Phi) is 7.75. The second kappa shape index (κ2) is 9.81. The Balaban J connectivity index is 1.78. The molecule has 1 heterocycles. The summed E-state index contributed by atoms with van der Waals surface area (Å²) in [5.41, 5.74) is 0.201. The van der Waals surface area contributed by atoms with E-state index in [1.807, 2.05) is 13.8 Å². The van der Waals surface area contributed by atoms with Crippen LogP contribution < -0.4 is 5.32 Å². The molecule has 1 N–H and O–H groups in total. The minimum atomic E-state index is -0.491. The molecule has 1 aliphatic rings. The first-order chi connectivity index (χ1) is 12.8. The summed E-state index contributed by atoms with van der Waals surface area (Å²) in [6.07, 6.45) is 0.185. The topological polar surface area (TPSA) is 76.4 Å². The summed E-state index contributed by atoms with van der Waals surface area (Å²) in [5.74, 6) is -0.705. The molecule has 1 unspecified atom stereocenters. The number of hydrogen-bond acceptors (Lipinski definition) is 4. The SMILES string of the molecule is CC(C)C(C#N)N1CCN(C(=O)CCNC(=O)c2cc(F)ccc2Br)CC1. The van der Waals surface area contributed by atoms with Gasteiger partial charge in [0.25, 0.3) is 5.91 Å². The third-order valence-corrected chi connectivity index (χ3v) is 5.31. The number of amides is 2. The molecule has 2 amide bonds. The van der Waals surface area contributed by atoms with Gasteiger partial charge in [-0.25, -0.2) is 4.39 Å². The van der Waals surface area contributed by atoms with Crippen molar-refractivity contribution < 1.29 is 14.0 Å². The van der Waals surface area contributed by atoms with Crippen molar-refractivity contribution in [3.63, 3.8) is 0 Å². The predicted octanol–water partition coefficient (Wildman–Crippen LogP) is 2.40. The number of nitrogens with zero attached hydrogens (tertiary/aromatic N) is 3. The van der Waals surface area contributed by atoms with E-state index in [0.29, 0.717) is 30.7 Å². The maximum Gasteiger partial charge on any atom is 0.252 e. The second-order valence-electron chi connectivity index (χ2n) is 6.86. The van der Waals surface area contributed by atoms with Crippen molar-refractivity contribution in [3.8, 4) is 6.07 Å². The fourth-order valence-corrected chi connectivity index (χ4v) is 3.54. The number of halogens is 2. The molecule has 0 bridgehead atoms. The molecule has 1 aliphatic heterocycles. The highest BCUT2D eigenvalue weighted by molar-refractivity contribution is 9.10. The van der Waals surface area contributed by atoms with E-state index in [0.717, 1.165) is 6.07 Å². The Labute approximate surface area is 167 Å². The summed E-state index contributed by atoms with van der Waals surface area (Å²) in [6, 6.07) is 6.09. The first-order valence-corrected chi connectivity index (χ1v) is 9.77. The third-order valence-electron chi connectivity index (χ3n) is 4.62. The number of benzene rings is 1. The van der Waals surface area contributed by atoms with Gasteiger partial charge in [0, 0.05) is 43.6 Å². The third kappa shape index (κ3) is 5.75. The van der Waals surface area contributed by atoms with E-state index >= 15 is 0 Å². The number of nitriles is 1. The molecule has 146 valence electrons. The highest BCUT2D eigenvalue weighted by Gasteiger charge is 2.27. The van der Waals surface area contributed by atoms with E-state index in [4.69, 9.17) is 0 Å². The van der Waals surface area contributed by atoms with Crippen LogP contribution in [-0.4, -0.2) is 60.4 Å². The summed E-state index contributed by atoms with van der Waals surface area (Å²) < 4.78 is 13.8. The van der Waals surface area contributed by atoms with Crippen LogP contribution in [0.3, 0.4) is 0 Å². The molecule has 0 aliphatic carbocycles. The van der Waals surface area contributed by atoms with E-state index in [1.165, 1.54) is 12.1 Å². The largest absolute Gasteiger partial charge is 0.351 e. The molecule has 8 heteroatoms. The quantitative estimate of drug-likeness (QED) is 0.739. The van der Waals surface area contributed by atoms with Crippen LogP contribution in [0.5, 0.6) is 0 Å². The van der Waals surface area contributed by atoms with Crippen molar-refractivity contribution >= 4 is 27.7 Å². The molecule has 1 fully saturated rings. The van der Waals surface area contributed by atoms with Crippen LogP contribution in [0, 0.1) is 23.1 Å². The van der Waals surface area contributed by atoms with Gasteiger partial charge in [0.05, 0.1) is 11.6 Å². The first kappa shape index (κ1) is 21.3. The van der Waals surface area contributed by atoms with E-state index in [1.54, 1.807) is 4.90 Å². The van der Waals surface area contributed by atoms with Gasteiger partial charge in [0.2, 0.25) is 5.91 Å². The van der Waals surface area contributed by atoms with Crippen molar-refractivity contribution in [2.45, 2.75) is 26.3 Å². The lowest BCUT2D eigenvalue weighted by Gasteiger charge is -2.38. The maximum absolute atomic E-state index is 13.3. The number of carbonyl (C=O) groups excluding carboxylic acids is 2. The van der Waals surface area contributed by atoms with Crippen molar-refractivity contribution in [1.82, 2.24) is 15.1 Å². The average Bonchev–Trinajstić information content (AvgIpc) is 2.64. The Morgan fingerprint density at radius 1 is 1.30 bits per heavy atom. The zero-order valence-electron chi connectivity index (χ0n) is 15.5. The lowest BCUT2D eigenvalue weighted by molar-refractivity contribution is -0.133. The molecular weight excluding hydrogens is 415 g/mol. The van der Waals surface area contributed by atoms with Gasteiger partial charge in [-0.15, -0.1) is 0 Å². The van der Waals surface area contributed by atoms with E-state index in [2.05, 4.69) is 32.2 Å². The number of piperazine rings is 1. The Bertz CT molecular complexity index is 727. The normalized spacial score (nSPS) is 16.1. The molecule has 1 atom stereocenters. The summed E-state index contributed by atoms with van der Waals surface area (Å²) in [5, 5.41) is 11.9. The van der Waals surface area contributed by atoms with Crippen LogP contribution in [-0.2, 0) is 4.79 Å². The highest BCUT2D eigenvalue weighted by Crippen LogP contribution is 2.18. The van der Waals surface area contributed by atoms with Gasteiger partial charge in [0.15, 0.2) is 0 Å². The fourth-order valence-electron chi connectivity index (χ4n) is 3.11. The number of rotatable bonds is 6. The molecule has 2 rings (SSSR count). The molecule has 0 spiro atoms. The molecule has 6 nitrogen and oxygen atoms in total. The monoisotopic (exact) mass is 438 g/mol. The Hall–Kier alpha value is -1.98. The summed E-state index contributed by atoms with van der Waals surface area (Å²) >= 11 is 3.22. The minimum Gasteiger partial charge on any atom is -0.351 e. The standard InChI is InChI=1S/C19H24BrFN4O2/c1-13(2)17(12-22)24-7-9-25(10-8-24)18(26)5-6-23-19(27)15-11-14(21)3-4-16(15)20/h3-4,11,13,17H,5-10H2,1-2H3,(H,23,27). The predicted molar refractivity (Wildman–Crippen MR) is 103 cm³/mol. The van der Waals surface area contributed by atoms with Crippen molar-refractivity contribution in [3.05, 3.63) is 34.1 Å². The lowest BCUT2D eigenvalue weighted by Crippen LogP contribution is -2.53. The molecule has 27 heavy (non-hydrogen) atoms. The van der Waals surface area contributed by atoms with Gasteiger partial charge >= 0.3 is 0 Å². The van der Waals surface area contributed by atoms with Gasteiger partial charge in [-0.3, -0.25) is 14.5 Å². The Morgan fingerprint density at radius 3 is 2.56 bits per heavy atom. The van der Waals surface area contributed by atoms with Gasteiger partial charge in [-0.05, 0) is 40.0 Å². The van der Waals surface area contributed by atoms with Gasteiger partial charge in [-0.2, -0.15) is 5.26 Å². The van der Waals surface area contributed by atoms with Crippen LogP contribution >= 0.6 is 15.9 Å². The van der Waals surface area contributed by atoms with Crippen LogP contribution in [0.2, 0.25) is 0 Å². The Morgan fingerprint density at radius 2 is 1.96 bits per heavy atom. The highest BCUT2D eigenvalue weighted by atomic mass is 79.9. The molecule has 0 aromatic heterocycles. The lowest BCUT2D eigenvalue weighted by atomic mass is 10.0. The van der Waals surface area contributed by atoms with Gasteiger partial charge in [-0.1, -0.05) is 13.8 Å². The number of carbonyl (C=O) groups is 2. The van der Waals surface area contributed by atoms with E-state index in [9.17, 15) is 19.2 Å². The minimum absolute atomic E-state index is 0.0358. The van der Waals surface area contributed by atoms with Crippen molar-refractivity contribution in [2.75, 3.05) is 32.7 Å².